The monoisotopic (exact) mass is 464 g/mol. The minimum atomic E-state index is -0.613. The van der Waals surface area contributed by atoms with Crippen molar-refractivity contribution in [3.63, 3.8) is 0 Å². The first-order valence-corrected chi connectivity index (χ1v) is 10.5. The van der Waals surface area contributed by atoms with Crippen LogP contribution in [0.1, 0.15) is 18.9 Å². The van der Waals surface area contributed by atoms with E-state index in [2.05, 4.69) is 20.8 Å². The van der Waals surface area contributed by atoms with E-state index in [0.717, 1.165) is 23.1 Å². The molecule has 3 rings (SSSR count). The standard InChI is InChI=1S/C20H18Cl2N4O3S/c1-11(12-3-6-14(29-2)7-4-12)25-26-20-24-19(28)17(30-20)10-18(27)23-16-9-13(21)5-8-15(16)22/h3-9,17H,10H2,1-2H3,(H,23,27)(H,24,26,28)/b25-11-/t17-/m1/s1. The van der Waals surface area contributed by atoms with Gasteiger partial charge in [0.05, 0.1) is 23.5 Å². The Morgan fingerprint density at radius 2 is 1.97 bits per heavy atom. The molecule has 7 nitrogen and oxygen atoms in total. The number of rotatable bonds is 6. The molecule has 30 heavy (non-hydrogen) atoms. The molecule has 0 saturated carbocycles. The fourth-order valence-electron chi connectivity index (χ4n) is 2.56. The van der Waals surface area contributed by atoms with E-state index >= 15 is 0 Å². The zero-order valence-corrected chi connectivity index (χ0v) is 18.4. The Hall–Kier alpha value is -2.55. The van der Waals surface area contributed by atoms with Gasteiger partial charge in [-0.3, -0.25) is 9.59 Å². The van der Waals surface area contributed by atoms with Crippen LogP contribution in [0.15, 0.2) is 52.7 Å². The van der Waals surface area contributed by atoms with E-state index in [1.165, 1.54) is 0 Å². The number of ether oxygens (including phenoxy) is 1. The van der Waals surface area contributed by atoms with Gasteiger partial charge in [0.1, 0.15) is 11.0 Å². The van der Waals surface area contributed by atoms with Crippen LogP contribution in [0.2, 0.25) is 10.0 Å². The van der Waals surface area contributed by atoms with Gasteiger partial charge in [-0.1, -0.05) is 35.0 Å². The number of benzene rings is 2. The number of anilines is 1. The van der Waals surface area contributed by atoms with Crippen LogP contribution in [0.25, 0.3) is 0 Å². The molecule has 0 radical (unpaired) electrons. The number of nitrogens with one attached hydrogen (secondary N) is 2. The third kappa shape index (κ3) is 5.75. The lowest BCUT2D eigenvalue weighted by Crippen LogP contribution is -2.28. The van der Waals surface area contributed by atoms with Crippen molar-refractivity contribution in [1.29, 1.82) is 0 Å². The summed E-state index contributed by atoms with van der Waals surface area (Å²) in [7, 11) is 1.60. The zero-order chi connectivity index (χ0) is 21.7. The summed E-state index contributed by atoms with van der Waals surface area (Å²) in [5, 5.41) is 14.1. The molecular formula is C20H18Cl2N4O3S. The Balaban J connectivity index is 1.61. The molecule has 2 aromatic carbocycles. The first-order chi connectivity index (χ1) is 14.4. The van der Waals surface area contributed by atoms with Crippen molar-refractivity contribution in [1.82, 2.24) is 5.32 Å². The number of amides is 2. The van der Waals surface area contributed by atoms with Crippen molar-refractivity contribution in [2.45, 2.75) is 18.6 Å². The van der Waals surface area contributed by atoms with Crippen molar-refractivity contribution in [2.75, 3.05) is 12.4 Å². The van der Waals surface area contributed by atoms with Crippen LogP contribution in [0.5, 0.6) is 5.75 Å². The second-order valence-electron chi connectivity index (χ2n) is 6.29. The summed E-state index contributed by atoms with van der Waals surface area (Å²) < 4.78 is 5.13. The summed E-state index contributed by atoms with van der Waals surface area (Å²) in [6.07, 6.45) is -0.0421. The summed E-state index contributed by atoms with van der Waals surface area (Å²) in [6.45, 7) is 1.81. The smallest absolute Gasteiger partial charge is 0.240 e. The maximum Gasteiger partial charge on any atom is 0.240 e. The number of amidine groups is 1. The van der Waals surface area contributed by atoms with Crippen LogP contribution >= 0.6 is 35.0 Å². The molecule has 2 aromatic rings. The van der Waals surface area contributed by atoms with E-state index in [1.54, 1.807) is 25.3 Å². The van der Waals surface area contributed by atoms with Crippen LogP contribution < -0.4 is 15.4 Å². The van der Waals surface area contributed by atoms with Gasteiger partial charge in [0.25, 0.3) is 0 Å². The lowest BCUT2D eigenvalue weighted by atomic mass is 10.1. The van der Waals surface area contributed by atoms with E-state index in [0.29, 0.717) is 26.6 Å². The molecule has 1 heterocycles. The molecule has 0 aromatic heterocycles. The average Bonchev–Trinajstić information content (AvgIpc) is 3.08. The molecule has 0 spiro atoms. The summed E-state index contributed by atoms with van der Waals surface area (Å²) in [5.41, 5.74) is 1.95. The predicted octanol–water partition coefficient (Wildman–Crippen LogP) is 4.34. The lowest BCUT2D eigenvalue weighted by molar-refractivity contribution is -0.122. The third-order valence-electron chi connectivity index (χ3n) is 4.15. The normalized spacial score (nSPS) is 17.7. The number of carbonyl (C=O) groups excluding carboxylic acids is 2. The van der Waals surface area contributed by atoms with Gasteiger partial charge in [-0.15, -0.1) is 5.10 Å². The fraction of sp³-hybridized carbons (Fsp3) is 0.200. The van der Waals surface area contributed by atoms with Gasteiger partial charge in [0.2, 0.25) is 11.8 Å². The molecule has 0 unspecified atom stereocenters. The molecule has 0 bridgehead atoms. The number of thioether (sulfide) groups is 1. The third-order valence-corrected chi connectivity index (χ3v) is 5.79. The zero-order valence-electron chi connectivity index (χ0n) is 16.1. The maximum absolute atomic E-state index is 12.3. The molecule has 156 valence electrons. The molecule has 2 amide bonds. The van der Waals surface area contributed by atoms with Crippen molar-refractivity contribution in [3.8, 4) is 5.75 Å². The molecule has 1 atom stereocenters. The van der Waals surface area contributed by atoms with Crippen LogP contribution in [-0.2, 0) is 9.59 Å². The molecular weight excluding hydrogens is 447 g/mol. The Morgan fingerprint density at radius 3 is 2.67 bits per heavy atom. The van der Waals surface area contributed by atoms with Gasteiger partial charge in [0.15, 0.2) is 5.17 Å². The Labute approximate surface area is 187 Å². The largest absolute Gasteiger partial charge is 0.497 e. The molecule has 1 aliphatic rings. The SMILES string of the molecule is COc1ccc(/C(C)=N\N=C2/NC(=O)[C@@H](CC(=O)Nc3cc(Cl)ccc3Cl)S2)cc1. The molecule has 1 aliphatic heterocycles. The highest BCUT2D eigenvalue weighted by molar-refractivity contribution is 8.15. The Kier molecular flexibility index (Phi) is 7.36. The first-order valence-electron chi connectivity index (χ1n) is 8.85. The van der Waals surface area contributed by atoms with Gasteiger partial charge >= 0.3 is 0 Å². The van der Waals surface area contributed by atoms with Crippen LogP contribution in [0.3, 0.4) is 0 Å². The van der Waals surface area contributed by atoms with Gasteiger partial charge in [-0.25, -0.2) is 0 Å². The van der Waals surface area contributed by atoms with Gasteiger partial charge in [0, 0.05) is 11.4 Å². The second-order valence-corrected chi connectivity index (χ2v) is 8.33. The van der Waals surface area contributed by atoms with Crippen LogP contribution in [-0.4, -0.2) is 35.1 Å². The number of halogens is 2. The van der Waals surface area contributed by atoms with E-state index in [4.69, 9.17) is 27.9 Å². The number of carbonyl (C=O) groups is 2. The summed E-state index contributed by atoms with van der Waals surface area (Å²) in [6, 6.07) is 12.1. The Bertz CT molecular complexity index is 1030. The highest BCUT2D eigenvalue weighted by Crippen LogP contribution is 2.27. The summed E-state index contributed by atoms with van der Waals surface area (Å²) >= 11 is 13.1. The van der Waals surface area contributed by atoms with Gasteiger partial charge < -0.3 is 15.4 Å². The lowest BCUT2D eigenvalue weighted by Gasteiger charge is -2.09. The summed E-state index contributed by atoms with van der Waals surface area (Å²) in [4.78, 5) is 24.5. The van der Waals surface area contributed by atoms with Crippen molar-refractivity contribution in [3.05, 3.63) is 58.1 Å². The van der Waals surface area contributed by atoms with Crippen molar-refractivity contribution < 1.29 is 14.3 Å². The number of hydrogen-bond acceptors (Lipinski definition) is 6. The van der Waals surface area contributed by atoms with Gasteiger partial charge in [-0.2, -0.15) is 5.10 Å². The second kappa shape index (κ2) is 9.97. The minimum Gasteiger partial charge on any atom is -0.497 e. The number of nitrogens with zero attached hydrogens (tertiary/aromatic N) is 2. The molecule has 0 aliphatic carbocycles. The molecule has 1 saturated heterocycles. The highest BCUT2D eigenvalue weighted by atomic mass is 35.5. The highest BCUT2D eigenvalue weighted by Gasteiger charge is 2.32. The van der Waals surface area contributed by atoms with Crippen LogP contribution in [0, 0.1) is 0 Å². The average molecular weight is 465 g/mol. The molecule has 2 N–H and O–H groups in total. The number of hydrogen-bond donors (Lipinski definition) is 2. The quantitative estimate of drug-likeness (QED) is 0.491. The van der Waals surface area contributed by atoms with E-state index in [-0.39, 0.29) is 18.2 Å². The van der Waals surface area contributed by atoms with E-state index < -0.39 is 5.25 Å². The minimum absolute atomic E-state index is 0.0421. The van der Waals surface area contributed by atoms with Crippen LogP contribution in [0.4, 0.5) is 5.69 Å². The van der Waals surface area contributed by atoms with E-state index in [1.807, 2.05) is 31.2 Å². The van der Waals surface area contributed by atoms with Crippen molar-refractivity contribution >= 4 is 63.3 Å². The molecule has 10 heteroatoms. The van der Waals surface area contributed by atoms with E-state index in [9.17, 15) is 9.59 Å². The van der Waals surface area contributed by atoms with Gasteiger partial charge in [-0.05, 0) is 55.0 Å². The summed E-state index contributed by atoms with van der Waals surface area (Å²) in [5.74, 6) is 0.0889. The van der Waals surface area contributed by atoms with Crippen molar-refractivity contribution in [2.24, 2.45) is 10.2 Å². The Morgan fingerprint density at radius 1 is 1.23 bits per heavy atom. The first kappa shape index (κ1) is 22.1. The predicted molar refractivity (Wildman–Crippen MR) is 122 cm³/mol. The maximum atomic E-state index is 12.3. The number of methoxy groups -OCH3 is 1. The topological polar surface area (TPSA) is 92.2 Å². The molecule has 1 fully saturated rings. The fourth-order valence-corrected chi connectivity index (χ4v) is 3.81.